The van der Waals surface area contributed by atoms with Crippen LogP contribution in [0.25, 0.3) is 11.1 Å². The molecule has 0 bridgehead atoms. The molecule has 0 aliphatic rings. The number of fused-ring (bicyclic) bond motifs is 1. The number of carbonyl (C=O) groups is 2. The maximum absolute atomic E-state index is 12.8. The molecular formula is C22H25N3O4. The van der Waals surface area contributed by atoms with E-state index in [0.29, 0.717) is 11.1 Å². The molecule has 1 unspecified atom stereocenters. The van der Waals surface area contributed by atoms with Gasteiger partial charge in [-0.25, -0.2) is 4.79 Å². The van der Waals surface area contributed by atoms with E-state index < -0.39 is 11.8 Å². The van der Waals surface area contributed by atoms with Gasteiger partial charge in [0.05, 0.1) is 12.1 Å². The highest BCUT2D eigenvalue weighted by molar-refractivity contribution is 5.96. The summed E-state index contributed by atoms with van der Waals surface area (Å²) in [5, 5.41) is 2.89. The largest absolute Gasteiger partial charge is 0.420 e. The summed E-state index contributed by atoms with van der Waals surface area (Å²) in [6.45, 7) is 7.36. The van der Waals surface area contributed by atoms with Crippen LogP contribution < -0.4 is 11.1 Å². The van der Waals surface area contributed by atoms with Crippen LogP contribution in [-0.4, -0.2) is 34.9 Å². The molecule has 152 valence electrons. The number of nitrogens with zero attached hydrogens (tertiary/aromatic N) is 2. The number of likely N-dealkylation sites (N-methyl/N-ethyl adjacent to an activating group) is 1. The average molecular weight is 395 g/mol. The number of amides is 2. The van der Waals surface area contributed by atoms with Crippen molar-refractivity contribution in [1.82, 2.24) is 9.47 Å². The van der Waals surface area contributed by atoms with Gasteiger partial charge in [0.15, 0.2) is 5.58 Å². The fourth-order valence-electron chi connectivity index (χ4n) is 3.63. The normalized spacial score (nSPS) is 12.0. The molecule has 3 rings (SSSR count). The number of hydrogen-bond donors (Lipinski definition) is 1. The predicted molar refractivity (Wildman–Crippen MR) is 112 cm³/mol. The first-order chi connectivity index (χ1) is 13.7. The lowest BCUT2D eigenvalue weighted by molar-refractivity contribution is -0.135. The molecule has 1 aromatic heterocycles. The lowest BCUT2D eigenvalue weighted by Crippen LogP contribution is -2.40. The lowest BCUT2D eigenvalue weighted by Gasteiger charge is -2.22. The number of rotatable bonds is 5. The molecule has 0 radical (unpaired) electrons. The SMILES string of the molecule is Cc1cc(C)c(NC(=O)CN(C)C(=O)C(C)n2c(=O)oc3ccccc32)c(C)c1. The molecule has 1 N–H and O–H groups in total. The topological polar surface area (TPSA) is 84.5 Å². The summed E-state index contributed by atoms with van der Waals surface area (Å²) in [6, 6.07) is 10.1. The van der Waals surface area contributed by atoms with Gasteiger partial charge in [0, 0.05) is 12.7 Å². The van der Waals surface area contributed by atoms with Gasteiger partial charge in [-0.1, -0.05) is 29.8 Å². The van der Waals surface area contributed by atoms with E-state index in [9.17, 15) is 14.4 Å². The van der Waals surface area contributed by atoms with Crippen LogP contribution in [0.5, 0.6) is 0 Å². The molecule has 7 heteroatoms. The summed E-state index contributed by atoms with van der Waals surface area (Å²) >= 11 is 0. The second kappa shape index (κ2) is 7.95. The number of nitrogens with one attached hydrogen (secondary N) is 1. The van der Waals surface area contributed by atoms with Crippen molar-refractivity contribution >= 4 is 28.6 Å². The number of hydrogen-bond acceptors (Lipinski definition) is 4. The number of oxazole rings is 1. The van der Waals surface area contributed by atoms with E-state index in [4.69, 9.17) is 4.42 Å². The minimum atomic E-state index is -0.799. The summed E-state index contributed by atoms with van der Waals surface area (Å²) < 4.78 is 6.51. The van der Waals surface area contributed by atoms with Crippen LogP contribution in [0.2, 0.25) is 0 Å². The van der Waals surface area contributed by atoms with Gasteiger partial charge < -0.3 is 14.6 Å². The van der Waals surface area contributed by atoms with Crippen LogP contribution in [0.1, 0.15) is 29.7 Å². The smallest absolute Gasteiger partial charge is 0.408 e. The molecule has 1 heterocycles. The number of anilines is 1. The van der Waals surface area contributed by atoms with Gasteiger partial charge in [-0.2, -0.15) is 0 Å². The van der Waals surface area contributed by atoms with E-state index in [-0.39, 0.29) is 18.4 Å². The quantitative estimate of drug-likeness (QED) is 0.719. The molecule has 0 saturated carbocycles. The highest BCUT2D eigenvalue weighted by Gasteiger charge is 2.25. The Hall–Kier alpha value is -3.35. The Balaban J connectivity index is 1.74. The van der Waals surface area contributed by atoms with Crippen LogP contribution in [0, 0.1) is 20.8 Å². The van der Waals surface area contributed by atoms with E-state index >= 15 is 0 Å². The van der Waals surface area contributed by atoms with E-state index in [0.717, 1.165) is 22.4 Å². The summed E-state index contributed by atoms with van der Waals surface area (Å²) in [5.74, 6) is -1.26. The lowest BCUT2D eigenvalue weighted by atomic mass is 10.1. The Labute approximate surface area is 168 Å². The van der Waals surface area contributed by atoms with Crippen LogP contribution in [0.3, 0.4) is 0 Å². The van der Waals surface area contributed by atoms with Crippen molar-refractivity contribution in [1.29, 1.82) is 0 Å². The molecule has 0 saturated heterocycles. The van der Waals surface area contributed by atoms with Crippen LogP contribution in [0.4, 0.5) is 5.69 Å². The van der Waals surface area contributed by atoms with Crippen LogP contribution in [0.15, 0.2) is 45.6 Å². The van der Waals surface area contributed by atoms with Gasteiger partial charge in [-0.05, 0) is 51.0 Å². The summed E-state index contributed by atoms with van der Waals surface area (Å²) in [7, 11) is 1.54. The zero-order valence-electron chi connectivity index (χ0n) is 17.3. The van der Waals surface area contributed by atoms with Gasteiger partial charge in [0.1, 0.15) is 6.04 Å². The van der Waals surface area contributed by atoms with Crippen LogP contribution >= 0.6 is 0 Å². The first kappa shape index (κ1) is 20.4. The first-order valence-corrected chi connectivity index (χ1v) is 9.41. The summed E-state index contributed by atoms with van der Waals surface area (Å²) in [5.41, 5.74) is 4.78. The maximum Gasteiger partial charge on any atom is 0.420 e. The monoisotopic (exact) mass is 395 g/mol. The Morgan fingerprint density at radius 2 is 1.76 bits per heavy atom. The zero-order chi connectivity index (χ0) is 21.3. The van der Waals surface area contributed by atoms with Crippen molar-refractivity contribution in [2.45, 2.75) is 33.7 Å². The molecule has 29 heavy (non-hydrogen) atoms. The number of para-hydroxylation sites is 2. The third-order valence-corrected chi connectivity index (χ3v) is 4.96. The van der Waals surface area contributed by atoms with Gasteiger partial charge in [-0.3, -0.25) is 14.2 Å². The van der Waals surface area contributed by atoms with Gasteiger partial charge >= 0.3 is 5.76 Å². The molecule has 0 fully saturated rings. The fourth-order valence-corrected chi connectivity index (χ4v) is 3.63. The highest BCUT2D eigenvalue weighted by Crippen LogP contribution is 2.22. The number of benzene rings is 2. The molecule has 7 nitrogen and oxygen atoms in total. The highest BCUT2D eigenvalue weighted by atomic mass is 16.4. The third kappa shape index (κ3) is 4.08. The van der Waals surface area contributed by atoms with Gasteiger partial charge in [-0.15, -0.1) is 0 Å². The Kier molecular flexibility index (Phi) is 5.59. The standard InChI is InChI=1S/C22H25N3O4/c1-13-10-14(2)20(15(3)11-13)23-19(26)12-24(5)21(27)16(4)25-17-8-6-7-9-18(17)29-22(25)28/h6-11,16H,12H2,1-5H3,(H,23,26). The van der Waals surface area contributed by atoms with Crippen molar-refractivity contribution in [2.24, 2.45) is 0 Å². The second-order valence-corrected chi connectivity index (χ2v) is 7.40. The van der Waals surface area contributed by atoms with Gasteiger partial charge in [0.2, 0.25) is 11.8 Å². The second-order valence-electron chi connectivity index (χ2n) is 7.40. The maximum atomic E-state index is 12.8. The average Bonchev–Trinajstić information content (AvgIpc) is 2.99. The Morgan fingerprint density at radius 1 is 1.14 bits per heavy atom. The summed E-state index contributed by atoms with van der Waals surface area (Å²) in [4.78, 5) is 38.9. The van der Waals surface area contributed by atoms with Crippen molar-refractivity contribution in [2.75, 3.05) is 18.9 Å². The third-order valence-electron chi connectivity index (χ3n) is 4.96. The van der Waals surface area contributed by atoms with E-state index in [1.807, 2.05) is 32.9 Å². The molecule has 3 aromatic rings. The van der Waals surface area contributed by atoms with Crippen molar-refractivity contribution in [3.63, 3.8) is 0 Å². The van der Waals surface area contributed by atoms with Gasteiger partial charge in [0.25, 0.3) is 0 Å². The van der Waals surface area contributed by atoms with E-state index in [2.05, 4.69) is 5.32 Å². The molecule has 1 atom stereocenters. The molecule has 2 aromatic carbocycles. The number of aromatic nitrogens is 1. The predicted octanol–water partition coefficient (Wildman–Crippen LogP) is 3.18. The Bertz CT molecular complexity index is 1120. The van der Waals surface area contributed by atoms with E-state index in [1.165, 1.54) is 9.47 Å². The van der Waals surface area contributed by atoms with Crippen molar-refractivity contribution in [3.8, 4) is 0 Å². The van der Waals surface area contributed by atoms with E-state index in [1.54, 1.807) is 38.2 Å². The first-order valence-electron chi connectivity index (χ1n) is 9.41. The number of carbonyl (C=O) groups excluding carboxylic acids is 2. The summed E-state index contributed by atoms with van der Waals surface area (Å²) in [6.07, 6.45) is 0. The van der Waals surface area contributed by atoms with Crippen molar-refractivity contribution < 1.29 is 14.0 Å². The molecule has 2 amide bonds. The molecule has 0 aliphatic heterocycles. The minimum absolute atomic E-state index is 0.125. The number of aryl methyl sites for hydroxylation is 3. The molecule has 0 spiro atoms. The minimum Gasteiger partial charge on any atom is -0.408 e. The van der Waals surface area contributed by atoms with Crippen molar-refractivity contribution in [3.05, 3.63) is 63.6 Å². The molecule has 0 aliphatic carbocycles. The zero-order valence-corrected chi connectivity index (χ0v) is 17.3. The van der Waals surface area contributed by atoms with Crippen LogP contribution in [-0.2, 0) is 9.59 Å². The Morgan fingerprint density at radius 3 is 2.41 bits per heavy atom. The molecular weight excluding hydrogens is 370 g/mol. The fraction of sp³-hybridized carbons (Fsp3) is 0.318.